The summed E-state index contributed by atoms with van der Waals surface area (Å²) in [6, 6.07) is 1.69. The summed E-state index contributed by atoms with van der Waals surface area (Å²) >= 11 is 0. The second-order valence-electron chi connectivity index (χ2n) is 0.333. The van der Waals surface area contributed by atoms with Crippen LogP contribution >= 0.6 is 0 Å². The number of allylic oxidation sites excluding steroid dienone is 1. The molecule has 0 aromatic heterocycles. The summed E-state index contributed by atoms with van der Waals surface area (Å²) in [7, 11) is 0. The van der Waals surface area contributed by atoms with E-state index in [4.69, 9.17) is 28.5 Å². The van der Waals surface area contributed by atoms with Crippen LogP contribution < -0.4 is 0 Å². The Morgan fingerprint density at radius 1 is 0.800 bits per heavy atom. The third-order valence-corrected chi connectivity index (χ3v) is 0.0913. The molecule has 0 aromatic rings. The standard InChI is InChI=1S/C3H3N.5CO.W/c1-2-3-4;5*1-2;/h2H,1H2;;;;;;. The fourth-order valence-electron chi connectivity index (χ4n) is 0. The van der Waals surface area contributed by atoms with E-state index in [2.05, 4.69) is 39.8 Å². The molecule has 7 heteroatoms. The van der Waals surface area contributed by atoms with Gasteiger partial charge in [0.05, 0.1) is 6.07 Å². The quantitative estimate of drug-likeness (QED) is 0.341. The van der Waals surface area contributed by atoms with E-state index in [0.717, 1.165) is 0 Å². The Labute approximate surface area is 102 Å². The fraction of sp³-hybridized carbons (Fsp3) is 0. The van der Waals surface area contributed by atoms with E-state index in [1.54, 1.807) is 6.07 Å². The average molecular weight is 377 g/mol. The molecule has 0 aliphatic carbocycles. The summed E-state index contributed by atoms with van der Waals surface area (Å²) < 4.78 is 37.5. The van der Waals surface area contributed by atoms with Gasteiger partial charge in [0.25, 0.3) is 0 Å². The molecular formula is C8H3NO5W. The van der Waals surface area contributed by atoms with Gasteiger partial charge in [-0.25, -0.2) is 0 Å². The van der Waals surface area contributed by atoms with Crippen molar-refractivity contribution in [1.82, 2.24) is 0 Å². The van der Waals surface area contributed by atoms with Gasteiger partial charge in [0.15, 0.2) is 0 Å². The Morgan fingerprint density at radius 2 is 0.867 bits per heavy atom. The Bertz CT molecular complexity index is 173. The monoisotopic (exact) mass is 377 g/mol. The number of nitriles is 1. The summed E-state index contributed by atoms with van der Waals surface area (Å²) in [6.45, 7) is 25.6. The maximum absolute atomic E-state index is 7.51. The Balaban J connectivity index is -0.0000000105. The van der Waals surface area contributed by atoms with Crippen molar-refractivity contribution in [2.75, 3.05) is 0 Å². The van der Waals surface area contributed by atoms with Crippen LogP contribution in [0, 0.1) is 44.6 Å². The molecule has 0 spiro atoms. The van der Waals surface area contributed by atoms with Crippen LogP contribution in [0.3, 0.4) is 0 Å². The largest absolute Gasteiger partial charge is 0 e. The molecular weight excluding hydrogens is 374 g/mol. The molecule has 0 atom stereocenters. The molecule has 0 unspecified atom stereocenters. The molecule has 0 fully saturated rings. The van der Waals surface area contributed by atoms with Gasteiger partial charge in [0.1, 0.15) is 0 Å². The van der Waals surface area contributed by atoms with E-state index in [0.29, 0.717) is 0 Å². The summed E-state index contributed by atoms with van der Waals surface area (Å²) in [5, 5.41) is 7.51. The van der Waals surface area contributed by atoms with Crippen molar-refractivity contribution in [3.8, 4) is 6.07 Å². The molecule has 0 bridgehead atoms. The molecule has 76 valence electrons. The van der Waals surface area contributed by atoms with Crippen LogP contribution in [-0.4, -0.2) is 0 Å². The third-order valence-electron chi connectivity index (χ3n) is 0.0913. The summed E-state index contributed by atoms with van der Waals surface area (Å²) in [6.07, 6.45) is 1.18. The number of nitrogens with zero attached hydrogens (tertiary/aromatic N) is 1. The van der Waals surface area contributed by atoms with Gasteiger partial charge in [-0.2, -0.15) is 5.26 Å². The first-order valence-electron chi connectivity index (χ1n) is 1.94. The molecule has 6 nitrogen and oxygen atoms in total. The molecule has 0 radical (unpaired) electrons. The second-order valence-corrected chi connectivity index (χ2v) is 0.333. The van der Waals surface area contributed by atoms with Crippen molar-refractivity contribution < 1.29 is 44.3 Å². The maximum Gasteiger partial charge on any atom is 0 e. The smallest absolute Gasteiger partial charge is 0 e. The minimum Gasteiger partial charge on any atom is 0 e. The molecule has 0 saturated heterocycles. The zero-order valence-electron chi connectivity index (χ0n) is 7.18. The molecule has 0 aliphatic heterocycles. The first-order chi connectivity index (χ1) is 6.91. The molecule has 0 aliphatic rings. The summed E-state index contributed by atoms with van der Waals surface area (Å²) in [4.78, 5) is 0. The van der Waals surface area contributed by atoms with E-state index in [-0.39, 0.29) is 21.1 Å². The molecule has 0 aromatic carbocycles. The first-order valence-corrected chi connectivity index (χ1v) is 1.94. The van der Waals surface area contributed by atoms with Gasteiger partial charge in [-0.05, 0) is 0 Å². The van der Waals surface area contributed by atoms with Crippen LogP contribution in [0.25, 0.3) is 0 Å². The fourth-order valence-corrected chi connectivity index (χ4v) is 0. The zero-order valence-corrected chi connectivity index (χ0v) is 10.1. The normalized spacial score (nSPS) is 1.67. The van der Waals surface area contributed by atoms with Crippen LogP contribution in [-0.2, 0) is 44.3 Å². The molecule has 0 heterocycles. The first kappa shape index (κ1) is 49.5. The minimum atomic E-state index is 0. The zero-order chi connectivity index (χ0) is 13.4. The van der Waals surface area contributed by atoms with Crippen molar-refractivity contribution in [1.29, 1.82) is 5.26 Å². The van der Waals surface area contributed by atoms with E-state index in [1.165, 1.54) is 6.08 Å². The van der Waals surface area contributed by atoms with Gasteiger partial charge >= 0.3 is 56.5 Å². The SMILES string of the molecule is C=CC#N.[C-]#[O+].[C-]#[O+].[C-]#[O+].[C-]#[O+].[C-]#[O+].[W]. The van der Waals surface area contributed by atoms with E-state index in [9.17, 15) is 0 Å². The number of rotatable bonds is 0. The predicted octanol–water partition coefficient (Wildman–Crippen LogP) is 0.506. The van der Waals surface area contributed by atoms with E-state index in [1.807, 2.05) is 0 Å². The molecule has 0 N–H and O–H groups in total. The topological polar surface area (TPSA) is 123 Å². The van der Waals surface area contributed by atoms with Crippen molar-refractivity contribution in [3.05, 3.63) is 45.9 Å². The molecule has 0 saturated carbocycles. The second kappa shape index (κ2) is 4460. The third kappa shape index (κ3) is 9770. The Hall–Kier alpha value is -1.38. The Kier molecular flexibility index (Phi) is 14700. The van der Waals surface area contributed by atoms with Crippen molar-refractivity contribution >= 4 is 0 Å². The predicted molar refractivity (Wildman–Crippen MR) is 35.5 cm³/mol. The van der Waals surface area contributed by atoms with Gasteiger partial charge in [-0.1, -0.05) is 6.58 Å². The number of hydrogen-bond donors (Lipinski definition) is 0. The molecule has 0 rings (SSSR count). The average Bonchev–Trinajstić information content (AvgIpc) is 2.41. The molecule has 0 amide bonds. The van der Waals surface area contributed by atoms with Crippen LogP contribution in [0.15, 0.2) is 12.7 Å². The van der Waals surface area contributed by atoms with Crippen LogP contribution in [0.5, 0.6) is 0 Å². The maximum atomic E-state index is 7.51. The van der Waals surface area contributed by atoms with E-state index >= 15 is 0 Å². The Morgan fingerprint density at radius 3 is 0.867 bits per heavy atom. The van der Waals surface area contributed by atoms with Gasteiger partial charge in [-0.15, -0.1) is 0 Å². The van der Waals surface area contributed by atoms with Crippen LogP contribution in [0.2, 0.25) is 0 Å². The minimum absolute atomic E-state index is 0. The van der Waals surface area contributed by atoms with Gasteiger partial charge in [-0.3, -0.25) is 0 Å². The van der Waals surface area contributed by atoms with Crippen molar-refractivity contribution in [2.24, 2.45) is 0 Å². The van der Waals surface area contributed by atoms with Gasteiger partial charge in [0.2, 0.25) is 0 Å². The summed E-state index contributed by atoms with van der Waals surface area (Å²) in [5.74, 6) is 0. The number of hydrogen-bond acceptors (Lipinski definition) is 1. The summed E-state index contributed by atoms with van der Waals surface area (Å²) in [5.41, 5.74) is 0. The van der Waals surface area contributed by atoms with Crippen LogP contribution in [0.1, 0.15) is 0 Å². The van der Waals surface area contributed by atoms with Crippen molar-refractivity contribution in [3.63, 3.8) is 0 Å². The van der Waals surface area contributed by atoms with Crippen LogP contribution in [0.4, 0.5) is 0 Å². The van der Waals surface area contributed by atoms with Crippen molar-refractivity contribution in [2.45, 2.75) is 0 Å². The van der Waals surface area contributed by atoms with E-state index < -0.39 is 0 Å². The van der Waals surface area contributed by atoms with Gasteiger partial charge < -0.3 is 0 Å². The molecule has 15 heavy (non-hydrogen) atoms. The van der Waals surface area contributed by atoms with Gasteiger partial charge in [0, 0.05) is 27.1 Å².